The molecule has 1 amide bonds. The molecule has 4 heteroatoms. The number of benzene rings is 1. The maximum Gasteiger partial charge on any atom is 0.253 e. The smallest absolute Gasteiger partial charge is 0.253 e. The Hall–Kier alpha value is -1.71. The van der Waals surface area contributed by atoms with Crippen LogP contribution in [0.2, 0.25) is 0 Å². The quantitative estimate of drug-likeness (QED) is 0.704. The third-order valence-electron chi connectivity index (χ3n) is 4.14. The Bertz CT molecular complexity index is 493. The molecule has 1 aliphatic heterocycles. The number of nitrogens with zero attached hydrogens (tertiary/aromatic N) is 1. The molecule has 0 aliphatic carbocycles. The first kappa shape index (κ1) is 17.6. The molecule has 0 bridgehead atoms. The first-order valence-corrected chi connectivity index (χ1v) is 8.95. The molecule has 0 atom stereocenters. The van der Waals surface area contributed by atoms with Crippen LogP contribution >= 0.6 is 0 Å². The molecule has 2 rings (SSSR count). The van der Waals surface area contributed by atoms with Gasteiger partial charge in [-0.2, -0.15) is 0 Å². The third-order valence-corrected chi connectivity index (χ3v) is 4.14. The molecule has 23 heavy (non-hydrogen) atoms. The Morgan fingerprint density at radius 1 is 1.04 bits per heavy atom. The van der Waals surface area contributed by atoms with Gasteiger partial charge in [0.1, 0.15) is 0 Å². The normalized spacial score (nSPS) is 15.1. The van der Waals surface area contributed by atoms with Crippen LogP contribution in [0.1, 0.15) is 62.7 Å². The zero-order valence-corrected chi connectivity index (χ0v) is 14.5. The molecular formula is C19H29NO3. The summed E-state index contributed by atoms with van der Waals surface area (Å²) < 4.78 is 11.5. The van der Waals surface area contributed by atoms with Crippen molar-refractivity contribution in [2.24, 2.45) is 0 Å². The van der Waals surface area contributed by atoms with Crippen LogP contribution in [-0.2, 0) is 0 Å². The first-order chi connectivity index (χ1) is 11.3. The Morgan fingerprint density at radius 3 is 2.43 bits per heavy atom. The van der Waals surface area contributed by atoms with E-state index in [4.69, 9.17) is 9.47 Å². The number of unbranched alkanes of at least 4 members (excludes halogenated alkanes) is 1. The molecule has 0 saturated carbocycles. The van der Waals surface area contributed by atoms with Crippen molar-refractivity contribution in [3.05, 3.63) is 23.8 Å². The Kier molecular flexibility index (Phi) is 7.24. The molecule has 0 N–H and O–H groups in total. The summed E-state index contributed by atoms with van der Waals surface area (Å²) in [5.74, 6) is 1.50. The van der Waals surface area contributed by atoms with Crippen LogP contribution in [-0.4, -0.2) is 37.1 Å². The second-order valence-corrected chi connectivity index (χ2v) is 6.00. The lowest BCUT2D eigenvalue weighted by Crippen LogP contribution is -2.31. The average molecular weight is 319 g/mol. The molecule has 0 spiro atoms. The van der Waals surface area contributed by atoms with Gasteiger partial charge in [0.15, 0.2) is 11.5 Å². The van der Waals surface area contributed by atoms with Gasteiger partial charge < -0.3 is 14.4 Å². The van der Waals surface area contributed by atoms with Gasteiger partial charge in [0.25, 0.3) is 5.91 Å². The maximum absolute atomic E-state index is 12.7. The van der Waals surface area contributed by atoms with Crippen LogP contribution in [0.3, 0.4) is 0 Å². The van der Waals surface area contributed by atoms with Gasteiger partial charge in [-0.3, -0.25) is 4.79 Å². The number of carbonyl (C=O) groups is 1. The van der Waals surface area contributed by atoms with E-state index in [1.807, 2.05) is 30.0 Å². The van der Waals surface area contributed by atoms with Crippen LogP contribution < -0.4 is 9.47 Å². The molecule has 1 aromatic carbocycles. The fraction of sp³-hybridized carbons (Fsp3) is 0.632. The number of hydrogen-bond donors (Lipinski definition) is 0. The van der Waals surface area contributed by atoms with E-state index < -0.39 is 0 Å². The van der Waals surface area contributed by atoms with E-state index >= 15 is 0 Å². The van der Waals surface area contributed by atoms with Gasteiger partial charge in [-0.25, -0.2) is 0 Å². The van der Waals surface area contributed by atoms with E-state index in [9.17, 15) is 4.79 Å². The number of hydrogen-bond acceptors (Lipinski definition) is 3. The summed E-state index contributed by atoms with van der Waals surface area (Å²) in [4.78, 5) is 14.7. The molecule has 0 unspecified atom stereocenters. The van der Waals surface area contributed by atoms with Crippen molar-refractivity contribution >= 4 is 5.91 Å². The molecule has 1 fully saturated rings. The zero-order chi connectivity index (χ0) is 16.5. The monoisotopic (exact) mass is 319 g/mol. The van der Waals surface area contributed by atoms with Gasteiger partial charge in [0, 0.05) is 18.7 Å². The summed E-state index contributed by atoms with van der Waals surface area (Å²) in [6.45, 7) is 7.03. The molecular weight excluding hydrogens is 290 g/mol. The van der Waals surface area contributed by atoms with E-state index in [2.05, 4.69) is 6.92 Å². The Balaban J connectivity index is 2.11. The van der Waals surface area contributed by atoms with Crippen molar-refractivity contribution < 1.29 is 14.3 Å². The Labute approximate surface area is 139 Å². The number of rotatable bonds is 7. The molecule has 4 nitrogen and oxygen atoms in total. The highest BCUT2D eigenvalue weighted by molar-refractivity contribution is 5.95. The predicted octanol–water partition coefficient (Wildman–Crippen LogP) is 4.28. The summed E-state index contributed by atoms with van der Waals surface area (Å²) in [6, 6.07) is 5.56. The number of amides is 1. The van der Waals surface area contributed by atoms with E-state index in [-0.39, 0.29) is 5.91 Å². The van der Waals surface area contributed by atoms with Crippen LogP contribution in [0.4, 0.5) is 0 Å². The SMILES string of the molecule is CCCCOc1ccc(C(=O)N2CCCCCC2)cc1OCC. The minimum atomic E-state index is 0.105. The number of carbonyl (C=O) groups excluding carboxylic acids is 1. The fourth-order valence-corrected chi connectivity index (χ4v) is 2.81. The topological polar surface area (TPSA) is 38.8 Å². The van der Waals surface area contributed by atoms with Gasteiger partial charge in [-0.1, -0.05) is 26.2 Å². The van der Waals surface area contributed by atoms with Crippen LogP contribution in [0, 0.1) is 0 Å². The molecule has 1 aromatic rings. The zero-order valence-electron chi connectivity index (χ0n) is 14.5. The second kappa shape index (κ2) is 9.43. The summed E-state index contributed by atoms with van der Waals surface area (Å²) in [5, 5.41) is 0. The summed E-state index contributed by atoms with van der Waals surface area (Å²) >= 11 is 0. The summed E-state index contributed by atoms with van der Waals surface area (Å²) in [7, 11) is 0. The Morgan fingerprint density at radius 2 is 1.78 bits per heavy atom. The van der Waals surface area contributed by atoms with E-state index in [0.29, 0.717) is 24.5 Å². The van der Waals surface area contributed by atoms with Crippen molar-refractivity contribution in [1.29, 1.82) is 0 Å². The lowest BCUT2D eigenvalue weighted by molar-refractivity contribution is 0.0761. The number of likely N-dealkylation sites (tertiary alicyclic amines) is 1. The fourth-order valence-electron chi connectivity index (χ4n) is 2.81. The van der Waals surface area contributed by atoms with Crippen LogP contribution in [0.15, 0.2) is 18.2 Å². The van der Waals surface area contributed by atoms with Gasteiger partial charge >= 0.3 is 0 Å². The van der Waals surface area contributed by atoms with E-state index in [1.165, 1.54) is 12.8 Å². The number of ether oxygens (including phenoxy) is 2. The van der Waals surface area contributed by atoms with Gasteiger partial charge in [-0.15, -0.1) is 0 Å². The molecule has 1 saturated heterocycles. The summed E-state index contributed by atoms with van der Waals surface area (Å²) in [6.07, 6.45) is 6.75. The predicted molar refractivity (Wildman–Crippen MR) is 92.4 cm³/mol. The van der Waals surface area contributed by atoms with Gasteiger partial charge in [-0.05, 0) is 44.4 Å². The van der Waals surface area contributed by atoms with Crippen molar-refractivity contribution in [2.45, 2.75) is 52.4 Å². The van der Waals surface area contributed by atoms with Crippen LogP contribution in [0.25, 0.3) is 0 Å². The van der Waals surface area contributed by atoms with E-state index in [0.717, 1.165) is 44.5 Å². The highest BCUT2D eigenvalue weighted by Gasteiger charge is 2.19. The highest BCUT2D eigenvalue weighted by atomic mass is 16.5. The lowest BCUT2D eigenvalue weighted by atomic mass is 10.1. The summed E-state index contributed by atoms with van der Waals surface area (Å²) in [5.41, 5.74) is 0.693. The van der Waals surface area contributed by atoms with Crippen molar-refractivity contribution in [1.82, 2.24) is 4.90 Å². The lowest BCUT2D eigenvalue weighted by Gasteiger charge is -2.21. The highest BCUT2D eigenvalue weighted by Crippen LogP contribution is 2.29. The third kappa shape index (κ3) is 5.15. The first-order valence-electron chi connectivity index (χ1n) is 8.95. The molecule has 1 aliphatic rings. The van der Waals surface area contributed by atoms with Crippen molar-refractivity contribution in [2.75, 3.05) is 26.3 Å². The maximum atomic E-state index is 12.7. The van der Waals surface area contributed by atoms with E-state index in [1.54, 1.807) is 0 Å². The molecule has 1 heterocycles. The van der Waals surface area contributed by atoms with Gasteiger partial charge in [0.05, 0.1) is 13.2 Å². The molecule has 0 radical (unpaired) electrons. The second-order valence-electron chi connectivity index (χ2n) is 6.00. The molecule has 0 aromatic heterocycles. The van der Waals surface area contributed by atoms with Gasteiger partial charge in [0.2, 0.25) is 0 Å². The minimum absolute atomic E-state index is 0.105. The average Bonchev–Trinajstić information content (AvgIpc) is 2.85. The standard InChI is InChI=1S/C19H29NO3/c1-3-5-14-23-17-11-10-16(15-18(17)22-4-2)19(21)20-12-8-6-7-9-13-20/h10-11,15H,3-9,12-14H2,1-2H3. The van der Waals surface area contributed by atoms with Crippen molar-refractivity contribution in [3.8, 4) is 11.5 Å². The largest absolute Gasteiger partial charge is 0.490 e. The molecule has 128 valence electrons. The van der Waals surface area contributed by atoms with Crippen LogP contribution in [0.5, 0.6) is 11.5 Å². The minimum Gasteiger partial charge on any atom is -0.490 e. The van der Waals surface area contributed by atoms with Crippen molar-refractivity contribution in [3.63, 3.8) is 0 Å².